The molecule has 0 saturated carbocycles. The van der Waals surface area contributed by atoms with Crippen molar-refractivity contribution in [2.75, 3.05) is 26.1 Å². The van der Waals surface area contributed by atoms with Crippen molar-refractivity contribution >= 4 is 29.6 Å². The number of anilines is 1. The third-order valence-electron chi connectivity index (χ3n) is 5.07. The third-order valence-corrected chi connectivity index (χ3v) is 5.07. The maximum atomic E-state index is 12.8. The Labute approximate surface area is 190 Å². The Morgan fingerprint density at radius 3 is 2.48 bits per heavy atom. The van der Waals surface area contributed by atoms with Crippen LogP contribution in [0.3, 0.4) is 0 Å². The number of amides is 4. The summed E-state index contributed by atoms with van der Waals surface area (Å²) in [7, 11) is 3.08. The second-order valence-electron chi connectivity index (χ2n) is 7.13. The Bertz CT molecular complexity index is 1230. The predicted molar refractivity (Wildman–Crippen MR) is 122 cm³/mol. The van der Waals surface area contributed by atoms with Gasteiger partial charge in [0, 0.05) is 17.6 Å². The van der Waals surface area contributed by atoms with Crippen LogP contribution in [0.4, 0.5) is 10.5 Å². The van der Waals surface area contributed by atoms with E-state index >= 15 is 0 Å². The molecular weight excluding hydrogens is 424 g/mol. The maximum absolute atomic E-state index is 12.8. The molecule has 33 heavy (non-hydrogen) atoms. The number of para-hydroxylation sites is 2. The summed E-state index contributed by atoms with van der Waals surface area (Å²) in [5.41, 5.74) is 2.07. The smallest absolute Gasteiger partial charge is 0.329 e. The van der Waals surface area contributed by atoms with E-state index in [1.165, 1.54) is 7.11 Å². The van der Waals surface area contributed by atoms with Gasteiger partial charge in [-0.25, -0.2) is 9.69 Å². The van der Waals surface area contributed by atoms with E-state index in [1.807, 2.05) is 47.2 Å². The number of rotatable bonds is 7. The first kappa shape index (κ1) is 21.7. The lowest BCUT2D eigenvalue weighted by molar-refractivity contribution is -0.127. The van der Waals surface area contributed by atoms with Gasteiger partial charge in [0.2, 0.25) is 5.91 Å². The summed E-state index contributed by atoms with van der Waals surface area (Å²) in [5, 5.41) is 5.20. The van der Waals surface area contributed by atoms with E-state index in [-0.39, 0.29) is 5.70 Å². The number of aromatic nitrogens is 1. The van der Waals surface area contributed by atoms with Gasteiger partial charge in [-0.15, -0.1) is 0 Å². The van der Waals surface area contributed by atoms with Crippen LogP contribution < -0.4 is 20.1 Å². The molecule has 2 heterocycles. The molecule has 0 spiro atoms. The Morgan fingerprint density at radius 2 is 1.76 bits per heavy atom. The molecule has 1 aromatic heterocycles. The number of methoxy groups -OCH3 is 2. The number of benzene rings is 2. The Kier molecular flexibility index (Phi) is 6.12. The van der Waals surface area contributed by atoms with Gasteiger partial charge in [-0.1, -0.05) is 12.1 Å². The van der Waals surface area contributed by atoms with Crippen molar-refractivity contribution in [3.8, 4) is 17.2 Å². The SMILES string of the molecule is COc1ccc(-n2cccc2/C=C2/NC(=O)N(CC(=O)Nc3ccccc3OC)C2=O)cc1. The monoisotopic (exact) mass is 446 g/mol. The number of imide groups is 1. The van der Waals surface area contributed by atoms with Crippen LogP contribution in [0, 0.1) is 0 Å². The number of urea groups is 1. The molecular formula is C24H22N4O5. The molecule has 4 amide bonds. The van der Waals surface area contributed by atoms with Crippen LogP contribution in [0.1, 0.15) is 5.69 Å². The molecule has 1 aliphatic rings. The number of nitrogens with zero attached hydrogens (tertiary/aromatic N) is 2. The van der Waals surface area contributed by atoms with Gasteiger partial charge < -0.3 is 24.7 Å². The highest BCUT2D eigenvalue weighted by molar-refractivity contribution is 6.16. The first-order valence-corrected chi connectivity index (χ1v) is 10.1. The minimum absolute atomic E-state index is 0.0820. The van der Waals surface area contributed by atoms with Crippen LogP contribution in [0.5, 0.6) is 11.5 Å². The number of hydrogen-bond acceptors (Lipinski definition) is 5. The molecule has 0 unspecified atom stereocenters. The van der Waals surface area contributed by atoms with Crippen LogP contribution in [-0.2, 0) is 9.59 Å². The molecule has 2 aromatic carbocycles. The second-order valence-corrected chi connectivity index (χ2v) is 7.13. The highest BCUT2D eigenvalue weighted by Gasteiger charge is 2.35. The number of carbonyl (C=O) groups excluding carboxylic acids is 3. The third kappa shape index (κ3) is 4.57. The van der Waals surface area contributed by atoms with Gasteiger partial charge in [-0.2, -0.15) is 0 Å². The predicted octanol–water partition coefficient (Wildman–Crippen LogP) is 3.03. The normalized spacial score (nSPS) is 14.4. The van der Waals surface area contributed by atoms with Crippen molar-refractivity contribution in [2.24, 2.45) is 0 Å². The lowest BCUT2D eigenvalue weighted by atomic mass is 10.2. The molecule has 0 bridgehead atoms. The zero-order valence-corrected chi connectivity index (χ0v) is 18.1. The van der Waals surface area contributed by atoms with E-state index in [2.05, 4.69) is 10.6 Å². The van der Waals surface area contributed by atoms with E-state index in [9.17, 15) is 14.4 Å². The Morgan fingerprint density at radius 1 is 1.00 bits per heavy atom. The van der Waals surface area contributed by atoms with Crippen LogP contribution in [0.15, 0.2) is 72.6 Å². The van der Waals surface area contributed by atoms with Crippen LogP contribution in [0.25, 0.3) is 11.8 Å². The summed E-state index contributed by atoms with van der Waals surface area (Å²) in [6, 6.07) is 17.3. The molecule has 9 heteroatoms. The molecule has 4 rings (SSSR count). The van der Waals surface area contributed by atoms with Crippen LogP contribution >= 0.6 is 0 Å². The summed E-state index contributed by atoms with van der Waals surface area (Å²) in [6.45, 7) is -0.431. The van der Waals surface area contributed by atoms with E-state index in [4.69, 9.17) is 9.47 Å². The van der Waals surface area contributed by atoms with Crippen LogP contribution in [-0.4, -0.2) is 48.1 Å². The van der Waals surface area contributed by atoms with Gasteiger partial charge in [-0.05, 0) is 54.6 Å². The minimum Gasteiger partial charge on any atom is -0.497 e. The Balaban J connectivity index is 1.49. The van der Waals surface area contributed by atoms with E-state index in [0.29, 0.717) is 17.1 Å². The molecule has 0 radical (unpaired) electrons. The summed E-state index contributed by atoms with van der Waals surface area (Å²) in [6.07, 6.45) is 3.41. The van der Waals surface area contributed by atoms with Crippen molar-refractivity contribution in [2.45, 2.75) is 0 Å². The average molecular weight is 446 g/mol. The first-order valence-electron chi connectivity index (χ1n) is 10.1. The van der Waals surface area contributed by atoms with E-state index in [0.717, 1.165) is 16.3 Å². The fourth-order valence-electron chi connectivity index (χ4n) is 3.43. The fraction of sp³-hybridized carbons (Fsp3) is 0.125. The van der Waals surface area contributed by atoms with Gasteiger partial charge in [0.25, 0.3) is 5.91 Å². The van der Waals surface area contributed by atoms with Crippen molar-refractivity contribution in [3.63, 3.8) is 0 Å². The van der Waals surface area contributed by atoms with Gasteiger partial charge in [-0.3, -0.25) is 9.59 Å². The largest absolute Gasteiger partial charge is 0.497 e. The maximum Gasteiger partial charge on any atom is 0.329 e. The van der Waals surface area contributed by atoms with Gasteiger partial charge in [0.05, 0.1) is 19.9 Å². The molecule has 1 saturated heterocycles. The summed E-state index contributed by atoms with van der Waals surface area (Å²) in [5.74, 6) is 0.0949. The van der Waals surface area contributed by atoms with E-state index in [1.54, 1.807) is 37.5 Å². The number of nitrogens with one attached hydrogen (secondary N) is 2. The molecule has 2 N–H and O–H groups in total. The molecule has 9 nitrogen and oxygen atoms in total. The van der Waals surface area contributed by atoms with Gasteiger partial charge in [0.15, 0.2) is 0 Å². The highest BCUT2D eigenvalue weighted by atomic mass is 16.5. The van der Waals surface area contributed by atoms with Crippen LogP contribution in [0.2, 0.25) is 0 Å². The standard InChI is InChI=1S/C24H22N4O5/c1-32-18-11-9-16(10-12-18)27-13-5-6-17(27)14-20-23(30)28(24(31)26-20)15-22(29)25-19-7-3-4-8-21(19)33-2/h3-14H,15H2,1-2H3,(H,25,29)(H,26,31)/b20-14+. The lowest BCUT2D eigenvalue weighted by Crippen LogP contribution is -2.38. The number of ether oxygens (including phenoxy) is 2. The quantitative estimate of drug-likeness (QED) is 0.429. The van der Waals surface area contributed by atoms with E-state index < -0.39 is 24.4 Å². The summed E-state index contributed by atoms with van der Waals surface area (Å²) < 4.78 is 12.3. The van der Waals surface area contributed by atoms with Crippen molar-refractivity contribution in [1.29, 1.82) is 0 Å². The van der Waals surface area contributed by atoms with Gasteiger partial charge in [0.1, 0.15) is 23.7 Å². The lowest BCUT2D eigenvalue weighted by Gasteiger charge is -2.13. The highest BCUT2D eigenvalue weighted by Crippen LogP contribution is 2.24. The topological polar surface area (TPSA) is 102 Å². The fourth-order valence-corrected chi connectivity index (χ4v) is 3.43. The van der Waals surface area contributed by atoms with Crippen molar-refractivity contribution in [1.82, 2.24) is 14.8 Å². The molecule has 1 fully saturated rings. The summed E-state index contributed by atoms with van der Waals surface area (Å²) in [4.78, 5) is 38.5. The number of carbonyl (C=O) groups is 3. The number of hydrogen-bond donors (Lipinski definition) is 2. The molecule has 0 atom stereocenters. The minimum atomic E-state index is -0.663. The molecule has 0 aliphatic carbocycles. The second kappa shape index (κ2) is 9.31. The summed E-state index contributed by atoms with van der Waals surface area (Å²) >= 11 is 0. The van der Waals surface area contributed by atoms with Crippen molar-refractivity contribution < 1.29 is 23.9 Å². The molecule has 1 aliphatic heterocycles. The van der Waals surface area contributed by atoms with Gasteiger partial charge >= 0.3 is 6.03 Å². The zero-order valence-electron chi connectivity index (χ0n) is 18.1. The van der Waals surface area contributed by atoms with Crippen molar-refractivity contribution in [3.05, 3.63) is 78.3 Å². The average Bonchev–Trinajstić information content (AvgIpc) is 3.39. The molecule has 168 valence electrons. The zero-order chi connectivity index (χ0) is 23.4. The molecule has 3 aromatic rings. The Hall–Kier alpha value is -4.53. The first-order chi connectivity index (χ1) is 16.0.